The monoisotopic (exact) mass is 766 g/mol. The van der Waals surface area contributed by atoms with Crippen molar-refractivity contribution in [3.05, 3.63) is 132 Å². The van der Waals surface area contributed by atoms with Crippen LogP contribution in [0.15, 0.2) is 135 Å². The molecule has 7 aromatic carbocycles. The van der Waals surface area contributed by atoms with Gasteiger partial charge in [0.25, 0.3) is 0 Å². The molecule has 0 saturated carbocycles. The molecule has 0 atom stereocenters. The minimum atomic E-state index is 0.149. The maximum Gasteiger partial charge on any atom is 0.249 e. The van der Waals surface area contributed by atoms with Crippen molar-refractivity contribution in [3.8, 4) is 11.4 Å². The van der Waals surface area contributed by atoms with Crippen molar-refractivity contribution in [1.82, 2.24) is 9.13 Å². The summed E-state index contributed by atoms with van der Waals surface area (Å²) in [4.78, 5) is 5.83. The van der Waals surface area contributed by atoms with E-state index in [0.717, 1.165) is 0 Å². The number of nitrogens with zero attached hydrogens (tertiary/aromatic N) is 2. The number of fused-ring (bicyclic) bond motifs is 16. The van der Waals surface area contributed by atoms with E-state index in [1.807, 2.05) is 0 Å². The van der Waals surface area contributed by atoms with Crippen LogP contribution in [-0.4, -0.2) is 22.6 Å². The molecule has 0 fully saturated rings. The van der Waals surface area contributed by atoms with Gasteiger partial charge in [0, 0.05) is 52.5 Å². The molecule has 0 amide bonds. The Hall–Kier alpha value is -5.03. The van der Waals surface area contributed by atoms with Crippen molar-refractivity contribution < 1.29 is 0 Å². The predicted octanol–water partition coefficient (Wildman–Crippen LogP) is 9.84. The van der Waals surface area contributed by atoms with Gasteiger partial charge in [-0.2, -0.15) is 0 Å². The summed E-state index contributed by atoms with van der Waals surface area (Å²) in [5, 5.41) is 5.61. The molecule has 9 aromatic rings. The first-order chi connectivity index (χ1) is 27.8. The Labute approximate surface area is 342 Å². The number of hydrogen-bond donors (Lipinski definition) is 0. The van der Waals surface area contributed by atoms with E-state index in [9.17, 15) is 0 Å². The van der Waals surface area contributed by atoms with Crippen LogP contribution >= 0.6 is 23.5 Å². The highest BCUT2D eigenvalue weighted by Gasteiger charge is 2.46. The summed E-state index contributed by atoms with van der Waals surface area (Å²) in [5.74, 6) is 1.16. The van der Waals surface area contributed by atoms with Gasteiger partial charge < -0.3 is 9.13 Å². The van der Waals surface area contributed by atoms with Gasteiger partial charge >= 0.3 is 0 Å². The van der Waals surface area contributed by atoms with Crippen molar-refractivity contribution in [2.45, 2.75) is 78.9 Å². The Bertz CT molecular complexity index is 3100. The van der Waals surface area contributed by atoms with Crippen LogP contribution in [0.2, 0.25) is 0 Å². The molecule has 272 valence electrons. The summed E-state index contributed by atoms with van der Waals surface area (Å²) in [7, 11) is 0. The summed E-state index contributed by atoms with van der Waals surface area (Å²) in [6.07, 6.45) is 0. The van der Waals surface area contributed by atoms with Crippen molar-refractivity contribution in [2.24, 2.45) is 0 Å². The third-order valence-electron chi connectivity index (χ3n) is 13.7. The zero-order valence-corrected chi connectivity index (χ0v) is 34.7. The molecule has 13 rings (SSSR count). The SMILES string of the molecule is CC(C)c1c2c(cc3c1Sc1cc(C(C)C)c4c5ccccc5n5c4c1B3c1ccccc1-5)B1c3ccccc3-n3c4ccccc4c4c(C(C)C)cc(c1c43)S2. The van der Waals surface area contributed by atoms with E-state index in [-0.39, 0.29) is 13.4 Å². The summed E-state index contributed by atoms with van der Waals surface area (Å²) >= 11 is 4.12. The van der Waals surface area contributed by atoms with E-state index in [4.69, 9.17) is 0 Å². The lowest BCUT2D eigenvalue weighted by molar-refractivity contribution is 0.821. The number of benzene rings is 7. The highest BCUT2D eigenvalue weighted by atomic mass is 32.2. The average molecular weight is 767 g/mol. The van der Waals surface area contributed by atoms with Crippen LogP contribution in [0.3, 0.4) is 0 Å². The minimum absolute atomic E-state index is 0.149. The fraction of sp³-hybridized carbons (Fsp3) is 0.176. The number of hydrogen-bond acceptors (Lipinski definition) is 2. The van der Waals surface area contributed by atoms with Crippen LogP contribution < -0.4 is 32.8 Å². The molecule has 6 heterocycles. The first-order valence-corrected chi connectivity index (χ1v) is 22.4. The summed E-state index contributed by atoms with van der Waals surface area (Å²) in [5.41, 5.74) is 21.3. The highest BCUT2D eigenvalue weighted by molar-refractivity contribution is 8.01. The van der Waals surface area contributed by atoms with Crippen molar-refractivity contribution in [1.29, 1.82) is 0 Å². The standard InChI is InChI=1S/C51H40B2N2S2/c1-26(2)31-23-41-46-48-44(31)29-15-7-11-19-37(29)54(48)39-21-13-9-17-33(39)52(46)35-25-36-51(43(28(5)6)50(35)56-41)57-42-24-32(27(3)4)45-30-16-8-12-20-38(30)55-40-22-14-10-18-34(40)53(36)47(42)49(45)55/h7-28H,1-6H3. The van der Waals surface area contributed by atoms with Crippen molar-refractivity contribution in [2.75, 3.05) is 0 Å². The minimum Gasteiger partial charge on any atom is -0.310 e. The number of aromatic nitrogens is 2. The molecule has 0 saturated heterocycles. The topological polar surface area (TPSA) is 9.86 Å². The third-order valence-corrected chi connectivity index (χ3v) is 16.1. The molecule has 0 aliphatic carbocycles. The molecule has 0 unspecified atom stereocenters. The lowest BCUT2D eigenvalue weighted by Crippen LogP contribution is -2.63. The third kappa shape index (κ3) is 3.99. The van der Waals surface area contributed by atoms with Crippen molar-refractivity contribution >= 4 is 113 Å². The maximum atomic E-state index is 2.70. The zero-order valence-electron chi connectivity index (χ0n) is 33.1. The summed E-state index contributed by atoms with van der Waals surface area (Å²) in [6.45, 7) is 14.7. The molecule has 57 heavy (non-hydrogen) atoms. The Kier molecular flexibility index (Phi) is 6.56. The molecule has 0 radical (unpaired) electrons. The molecule has 4 aliphatic heterocycles. The second-order valence-corrected chi connectivity index (χ2v) is 19.8. The number of rotatable bonds is 3. The largest absolute Gasteiger partial charge is 0.310 e. The highest BCUT2D eigenvalue weighted by Crippen LogP contribution is 2.49. The Morgan fingerprint density at radius 2 is 0.877 bits per heavy atom. The maximum absolute atomic E-state index is 2.70. The van der Waals surface area contributed by atoms with Gasteiger partial charge in [0.15, 0.2) is 0 Å². The normalized spacial score (nSPS) is 14.4. The molecule has 4 aliphatic rings. The van der Waals surface area contributed by atoms with Crippen LogP contribution in [-0.2, 0) is 0 Å². The Morgan fingerprint density at radius 1 is 0.456 bits per heavy atom. The van der Waals surface area contributed by atoms with Gasteiger partial charge in [-0.1, -0.05) is 155 Å². The van der Waals surface area contributed by atoms with Gasteiger partial charge in [-0.05, 0) is 92.7 Å². The van der Waals surface area contributed by atoms with E-state index in [1.54, 1.807) is 0 Å². The molecular formula is C51H40B2N2S2. The molecule has 0 bridgehead atoms. The molecule has 6 heteroatoms. The molecule has 2 aromatic heterocycles. The molecular weight excluding hydrogens is 726 g/mol. The van der Waals surface area contributed by atoms with Gasteiger partial charge in [-0.25, -0.2) is 0 Å². The van der Waals surface area contributed by atoms with Gasteiger partial charge in [0.2, 0.25) is 13.4 Å². The average Bonchev–Trinajstić information content (AvgIpc) is 3.75. The first kappa shape index (κ1) is 33.0. The van der Waals surface area contributed by atoms with Crippen molar-refractivity contribution in [3.63, 3.8) is 0 Å². The second kappa shape index (κ2) is 11.3. The predicted molar refractivity (Wildman–Crippen MR) is 248 cm³/mol. The van der Waals surface area contributed by atoms with E-state index >= 15 is 0 Å². The second-order valence-electron chi connectivity index (χ2n) is 17.7. The van der Waals surface area contributed by atoms with Crippen LogP contribution in [0, 0.1) is 0 Å². The molecule has 2 nitrogen and oxygen atoms in total. The zero-order chi connectivity index (χ0) is 38.2. The first-order valence-electron chi connectivity index (χ1n) is 20.8. The van der Waals surface area contributed by atoms with Gasteiger partial charge in [-0.3, -0.25) is 0 Å². The number of para-hydroxylation sites is 4. The van der Waals surface area contributed by atoms with Crippen LogP contribution in [0.4, 0.5) is 0 Å². The fourth-order valence-electron chi connectivity index (χ4n) is 11.5. The van der Waals surface area contributed by atoms with Gasteiger partial charge in [0.1, 0.15) is 0 Å². The Morgan fingerprint density at radius 3 is 1.32 bits per heavy atom. The van der Waals surface area contributed by atoms with Crippen LogP contribution in [0.1, 0.15) is 76.0 Å². The van der Waals surface area contributed by atoms with Gasteiger partial charge in [0.05, 0.1) is 22.1 Å². The van der Waals surface area contributed by atoms with E-state index in [1.165, 1.54) is 124 Å². The van der Waals surface area contributed by atoms with E-state index < -0.39 is 0 Å². The van der Waals surface area contributed by atoms with Crippen LogP contribution in [0.5, 0.6) is 0 Å². The molecule has 0 N–H and O–H groups in total. The fourth-order valence-corrected chi connectivity index (χ4v) is 14.5. The molecule has 0 spiro atoms. The van der Waals surface area contributed by atoms with E-state index in [0.29, 0.717) is 17.8 Å². The van der Waals surface area contributed by atoms with E-state index in [2.05, 4.69) is 189 Å². The summed E-state index contributed by atoms with van der Waals surface area (Å²) < 4.78 is 5.22. The quantitative estimate of drug-likeness (QED) is 0.166. The Balaban J connectivity index is 1.17. The van der Waals surface area contributed by atoms with Crippen LogP contribution in [0.25, 0.3) is 55.0 Å². The van der Waals surface area contributed by atoms with Gasteiger partial charge in [-0.15, -0.1) is 0 Å². The lowest BCUT2D eigenvalue weighted by atomic mass is 9.32. The smallest absolute Gasteiger partial charge is 0.249 e. The lowest BCUT2D eigenvalue weighted by Gasteiger charge is -2.39. The summed E-state index contributed by atoms with van der Waals surface area (Å²) in [6, 6.07) is 44.7.